The Hall–Kier alpha value is -2.16. The third-order valence-electron chi connectivity index (χ3n) is 2.60. The highest BCUT2D eigenvalue weighted by molar-refractivity contribution is 7.07. The lowest BCUT2D eigenvalue weighted by atomic mass is 10.3. The van der Waals surface area contributed by atoms with Gasteiger partial charge in [0.1, 0.15) is 6.54 Å². The van der Waals surface area contributed by atoms with E-state index in [9.17, 15) is 22.8 Å². The number of alkyl halides is 3. The van der Waals surface area contributed by atoms with Crippen LogP contribution in [0.1, 0.15) is 5.56 Å². The SMILES string of the molecule is Cn1ccsc1=NC(=O)Cn1cc(C(F)(F)F)ccc1=O. The highest BCUT2D eigenvalue weighted by Crippen LogP contribution is 2.27. The topological polar surface area (TPSA) is 56.4 Å². The van der Waals surface area contributed by atoms with Crippen molar-refractivity contribution in [3.8, 4) is 0 Å². The van der Waals surface area contributed by atoms with E-state index < -0.39 is 29.8 Å². The van der Waals surface area contributed by atoms with Crippen LogP contribution in [0.2, 0.25) is 0 Å². The maximum Gasteiger partial charge on any atom is 0.417 e. The lowest BCUT2D eigenvalue weighted by Gasteiger charge is -2.09. The number of aromatic nitrogens is 2. The fourth-order valence-corrected chi connectivity index (χ4v) is 2.29. The third-order valence-corrected chi connectivity index (χ3v) is 3.44. The van der Waals surface area contributed by atoms with Gasteiger partial charge in [-0.15, -0.1) is 11.3 Å². The van der Waals surface area contributed by atoms with Gasteiger partial charge in [-0.2, -0.15) is 18.2 Å². The predicted molar refractivity (Wildman–Crippen MR) is 69.6 cm³/mol. The first kappa shape index (κ1) is 15.2. The molecule has 1 amide bonds. The van der Waals surface area contributed by atoms with Crippen LogP contribution < -0.4 is 10.4 Å². The Labute approximate surface area is 120 Å². The van der Waals surface area contributed by atoms with Gasteiger partial charge in [0, 0.05) is 30.9 Å². The van der Waals surface area contributed by atoms with Crippen LogP contribution in [0.3, 0.4) is 0 Å². The Balaban J connectivity index is 2.30. The van der Waals surface area contributed by atoms with Crippen LogP contribution in [0.15, 0.2) is 39.7 Å². The normalized spacial score (nSPS) is 12.7. The van der Waals surface area contributed by atoms with Gasteiger partial charge in [0.05, 0.1) is 5.56 Å². The maximum absolute atomic E-state index is 12.6. The molecule has 0 unspecified atom stereocenters. The van der Waals surface area contributed by atoms with E-state index in [2.05, 4.69) is 4.99 Å². The summed E-state index contributed by atoms with van der Waals surface area (Å²) in [5, 5.41) is 1.71. The van der Waals surface area contributed by atoms with Crippen molar-refractivity contribution in [3.05, 3.63) is 50.6 Å². The Morgan fingerprint density at radius 2 is 2.10 bits per heavy atom. The van der Waals surface area contributed by atoms with Gasteiger partial charge in [0.15, 0.2) is 4.80 Å². The van der Waals surface area contributed by atoms with Gasteiger partial charge in [-0.3, -0.25) is 9.59 Å². The second-order valence-electron chi connectivity index (χ2n) is 4.18. The molecule has 0 fully saturated rings. The van der Waals surface area contributed by atoms with Gasteiger partial charge in [-0.05, 0) is 6.07 Å². The number of carbonyl (C=O) groups excluding carboxylic acids is 1. The first-order chi connectivity index (χ1) is 9.77. The molecule has 112 valence electrons. The Bertz CT molecular complexity index is 786. The predicted octanol–water partition coefficient (Wildman–Crippen LogP) is 1.39. The lowest BCUT2D eigenvalue weighted by molar-refractivity contribution is -0.138. The molecule has 2 aromatic heterocycles. The largest absolute Gasteiger partial charge is 0.417 e. The zero-order chi connectivity index (χ0) is 15.6. The zero-order valence-corrected chi connectivity index (χ0v) is 11.6. The summed E-state index contributed by atoms with van der Waals surface area (Å²) in [6.07, 6.45) is -2.27. The van der Waals surface area contributed by atoms with Crippen LogP contribution in [0.25, 0.3) is 0 Å². The van der Waals surface area contributed by atoms with Gasteiger partial charge in [0.25, 0.3) is 11.5 Å². The number of pyridine rings is 1. The standard InChI is InChI=1S/C12H10F3N3O2S/c1-17-4-5-21-11(17)16-9(19)7-18-6-8(12(13,14)15)2-3-10(18)20/h2-6H,7H2,1H3. The van der Waals surface area contributed by atoms with Gasteiger partial charge >= 0.3 is 6.18 Å². The van der Waals surface area contributed by atoms with Gasteiger partial charge in [-0.1, -0.05) is 0 Å². The average Bonchev–Trinajstić information content (AvgIpc) is 2.76. The second kappa shape index (κ2) is 5.68. The average molecular weight is 317 g/mol. The number of thiazole rings is 1. The molecule has 0 atom stereocenters. The number of amides is 1. The number of aryl methyl sites for hydroxylation is 1. The van der Waals surface area contributed by atoms with Crippen LogP contribution in [-0.4, -0.2) is 15.0 Å². The molecule has 0 aromatic carbocycles. The highest BCUT2D eigenvalue weighted by Gasteiger charge is 2.31. The Morgan fingerprint density at radius 1 is 1.38 bits per heavy atom. The summed E-state index contributed by atoms with van der Waals surface area (Å²) >= 11 is 1.21. The molecule has 2 rings (SSSR count). The molecule has 9 heteroatoms. The number of hydrogen-bond acceptors (Lipinski definition) is 3. The van der Waals surface area contributed by atoms with Crippen molar-refractivity contribution < 1.29 is 18.0 Å². The number of rotatable bonds is 2. The fourth-order valence-electron chi connectivity index (χ4n) is 1.55. The van der Waals surface area contributed by atoms with E-state index in [1.165, 1.54) is 11.3 Å². The molecular weight excluding hydrogens is 307 g/mol. The molecule has 0 spiro atoms. The minimum Gasteiger partial charge on any atom is -0.327 e. The Morgan fingerprint density at radius 3 is 2.67 bits per heavy atom. The van der Waals surface area contributed by atoms with Crippen molar-refractivity contribution in [2.45, 2.75) is 12.7 Å². The molecule has 0 N–H and O–H groups in total. The fraction of sp³-hybridized carbons (Fsp3) is 0.250. The highest BCUT2D eigenvalue weighted by atomic mass is 32.1. The first-order valence-electron chi connectivity index (χ1n) is 5.73. The summed E-state index contributed by atoms with van der Waals surface area (Å²) in [6, 6.07) is 1.46. The van der Waals surface area contributed by atoms with Gasteiger partial charge in [-0.25, -0.2) is 0 Å². The molecule has 5 nitrogen and oxygen atoms in total. The van der Waals surface area contributed by atoms with Crippen LogP contribution in [0.5, 0.6) is 0 Å². The summed E-state index contributed by atoms with van der Waals surface area (Å²) < 4.78 is 40.0. The smallest absolute Gasteiger partial charge is 0.327 e. The summed E-state index contributed by atoms with van der Waals surface area (Å²) in [6.45, 7) is -0.541. The molecule has 0 aliphatic heterocycles. The van der Waals surface area contributed by atoms with Crippen LogP contribution in [-0.2, 0) is 24.6 Å². The van der Waals surface area contributed by atoms with E-state index in [-0.39, 0.29) is 0 Å². The van der Waals surface area contributed by atoms with Crippen molar-refractivity contribution in [2.75, 3.05) is 0 Å². The monoisotopic (exact) mass is 317 g/mol. The van der Waals surface area contributed by atoms with E-state index in [0.717, 1.165) is 6.07 Å². The summed E-state index contributed by atoms with van der Waals surface area (Å²) in [5.74, 6) is -0.700. The molecular formula is C12H10F3N3O2S. The quantitative estimate of drug-likeness (QED) is 0.840. The number of hydrogen-bond donors (Lipinski definition) is 0. The van der Waals surface area contributed by atoms with Crippen molar-refractivity contribution in [3.63, 3.8) is 0 Å². The molecule has 0 aliphatic carbocycles. The van der Waals surface area contributed by atoms with Gasteiger partial charge < -0.3 is 9.13 Å². The molecule has 21 heavy (non-hydrogen) atoms. The lowest BCUT2D eigenvalue weighted by Crippen LogP contribution is -2.25. The summed E-state index contributed by atoms with van der Waals surface area (Å²) in [7, 11) is 1.68. The van der Waals surface area contributed by atoms with Crippen molar-refractivity contribution in [1.29, 1.82) is 0 Å². The molecule has 0 radical (unpaired) electrons. The Kier molecular flexibility index (Phi) is 4.12. The summed E-state index contributed by atoms with van der Waals surface area (Å²) in [4.78, 5) is 27.4. The van der Waals surface area contributed by atoms with E-state index in [1.807, 2.05) is 0 Å². The molecule has 0 saturated heterocycles. The summed E-state index contributed by atoms with van der Waals surface area (Å²) in [5.41, 5.74) is -1.68. The minimum atomic E-state index is -4.57. The van der Waals surface area contributed by atoms with E-state index in [1.54, 1.807) is 23.2 Å². The number of carbonyl (C=O) groups is 1. The molecule has 0 aliphatic rings. The maximum atomic E-state index is 12.6. The van der Waals surface area contributed by atoms with E-state index in [4.69, 9.17) is 0 Å². The number of halogens is 3. The van der Waals surface area contributed by atoms with E-state index >= 15 is 0 Å². The van der Waals surface area contributed by atoms with Crippen molar-refractivity contribution >= 4 is 17.2 Å². The zero-order valence-electron chi connectivity index (χ0n) is 10.8. The molecule has 2 heterocycles. The van der Waals surface area contributed by atoms with Crippen molar-refractivity contribution in [1.82, 2.24) is 9.13 Å². The first-order valence-corrected chi connectivity index (χ1v) is 6.61. The van der Waals surface area contributed by atoms with Crippen LogP contribution >= 0.6 is 11.3 Å². The molecule has 0 bridgehead atoms. The second-order valence-corrected chi connectivity index (χ2v) is 5.06. The van der Waals surface area contributed by atoms with E-state index in [0.29, 0.717) is 21.6 Å². The third kappa shape index (κ3) is 3.69. The van der Waals surface area contributed by atoms with Crippen LogP contribution in [0.4, 0.5) is 13.2 Å². The number of nitrogens with zero attached hydrogens (tertiary/aromatic N) is 3. The minimum absolute atomic E-state index is 0.403. The van der Waals surface area contributed by atoms with Crippen molar-refractivity contribution in [2.24, 2.45) is 12.0 Å². The van der Waals surface area contributed by atoms with Gasteiger partial charge in [0.2, 0.25) is 0 Å². The molecule has 2 aromatic rings. The van der Waals surface area contributed by atoms with Crippen LogP contribution in [0, 0.1) is 0 Å². The molecule has 0 saturated carbocycles.